The molecule has 1 saturated carbocycles. The molecule has 0 unspecified atom stereocenters. The normalized spacial score (nSPS) is 19.5. The standard InChI is InChI=1S/C22H25N3O/c1-24(2)19-10-17(11-19)21-13-23-22-9-8-18(12-20(21)22)25(15-26)14-16-6-4-3-5-7-16/h3-9,12-13,15,17,19,23H,10-11,14H2,1-2H3. The van der Waals surface area contributed by atoms with Gasteiger partial charge < -0.3 is 14.8 Å². The molecule has 134 valence electrons. The van der Waals surface area contributed by atoms with E-state index in [-0.39, 0.29) is 0 Å². The third-order valence-corrected chi connectivity index (χ3v) is 5.64. The lowest BCUT2D eigenvalue weighted by Gasteiger charge is -2.39. The summed E-state index contributed by atoms with van der Waals surface area (Å²) in [5, 5.41) is 1.24. The van der Waals surface area contributed by atoms with Gasteiger partial charge in [-0.2, -0.15) is 0 Å². The van der Waals surface area contributed by atoms with Gasteiger partial charge in [0.1, 0.15) is 0 Å². The summed E-state index contributed by atoms with van der Waals surface area (Å²) in [4.78, 5) is 19.2. The highest BCUT2D eigenvalue weighted by atomic mass is 16.1. The van der Waals surface area contributed by atoms with E-state index >= 15 is 0 Å². The topological polar surface area (TPSA) is 39.3 Å². The number of hydrogen-bond acceptors (Lipinski definition) is 2. The third-order valence-electron chi connectivity index (χ3n) is 5.64. The number of carbonyl (C=O) groups excluding carboxylic acids is 1. The summed E-state index contributed by atoms with van der Waals surface area (Å²) in [6.07, 6.45) is 5.47. The van der Waals surface area contributed by atoms with Gasteiger partial charge in [-0.05, 0) is 62.2 Å². The van der Waals surface area contributed by atoms with Crippen LogP contribution in [0.3, 0.4) is 0 Å². The van der Waals surface area contributed by atoms with Crippen molar-refractivity contribution in [2.75, 3.05) is 19.0 Å². The van der Waals surface area contributed by atoms with E-state index in [9.17, 15) is 4.79 Å². The summed E-state index contributed by atoms with van der Waals surface area (Å²) < 4.78 is 0. The summed E-state index contributed by atoms with van der Waals surface area (Å²) >= 11 is 0. The molecule has 1 fully saturated rings. The number of aromatic nitrogens is 1. The molecule has 4 heteroatoms. The van der Waals surface area contributed by atoms with Crippen molar-refractivity contribution in [3.63, 3.8) is 0 Å². The maximum absolute atomic E-state index is 11.7. The zero-order chi connectivity index (χ0) is 18.1. The number of fused-ring (bicyclic) bond motifs is 1. The second-order valence-corrected chi connectivity index (χ2v) is 7.48. The highest BCUT2D eigenvalue weighted by Crippen LogP contribution is 2.42. The van der Waals surface area contributed by atoms with E-state index < -0.39 is 0 Å². The Morgan fingerprint density at radius 3 is 2.58 bits per heavy atom. The number of benzene rings is 2. The Kier molecular flexibility index (Phi) is 4.51. The fourth-order valence-corrected chi connectivity index (χ4v) is 3.88. The first kappa shape index (κ1) is 16.9. The van der Waals surface area contributed by atoms with Crippen molar-refractivity contribution in [1.29, 1.82) is 0 Å². The van der Waals surface area contributed by atoms with Crippen molar-refractivity contribution in [3.05, 3.63) is 65.9 Å². The lowest BCUT2D eigenvalue weighted by molar-refractivity contribution is -0.107. The van der Waals surface area contributed by atoms with Gasteiger partial charge in [0.05, 0.1) is 6.54 Å². The average Bonchev–Trinajstić information content (AvgIpc) is 3.02. The third kappa shape index (κ3) is 3.13. The van der Waals surface area contributed by atoms with Crippen LogP contribution in [-0.2, 0) is 11.3 Å². The number of aromatic amines is 1. The Labute approximate surface area is 154 Å². The van der Waals surface area contributed by atoms with Crippen molar-refractivity contribution in [2.24, 2.45) is 0 Å². The average molecular weight is 347 g/mol. The van der Waals surface area contributed by atoms with Gasteiger partial charge in [-0.3, -0.25) is 4.79 Å². The van der Waals surface area contributed by atoms with Crippen LogP contribution in [-0.4, -0.2) is 36.4 Å². The van der Waals surface area contributed by atoms with Crippen molar-refractivity contribution in [3.8, 4) is 0 Å². The van der Waals surface area contributed by atoms with Crippen LogP contribution in [0.1, 0.15) is 29.9 Å². The first-order valence-electron chi connectivity index (χ1n) is 9.19. The lowest BCUT2D eigenvalue weighted by Crippen LogP contribution is -2.39. The second-order valence-electron chi connectivity index (χ2n) is 7.48. The molecular formula is C22H25N3O. The number of rotatable bonds is 6. The second kappa shape index (κ2) is 6.96. The Morgan fingerprint density at radius 1 is 1.12 bits per heavy atom. The first-order chi connectivity index (χ1) is 12.7. The zero-order valence-electron chi connectivity index (χ0n) is 15.4. The van der Waals surface area contributed by atoms with Crippen LogP contribution in [0.25, 0.3) is 10.9 Å². The number of amides is 1. The van der Waals surface area contributed by atoms with Gasteiger partial charge in [-0.15, -0.1) is 0 Å². The highest BCUT2D eigenvalue weighted by Gasteiger charge is 2.33. The SMILES string of the molecule is CN(C)C1CC(c2c[nH]c3ccc(N(C=O)Cc4ccccc4)cc23)C1. The molecule has 1 aliphatic rings. The van der Waals surface area contributed by atoms with E-state index in [1.807, 2.05) is 36.4 Å². The Hall–Kier alpha value is -2.59. The van der Waals surface area contributed by atoms with Crippen molar-refractivity contribution >= 4 is 23.0 Å². The minimum atomic E-state index is 0.585. The predicted molar refractivity (Wildman–Crippen MR) is 106 cm³/mol. The summed E-state index contributed by atoms with van der Waals surface area (Å²) in [6.45, 7) is 0.585. The molecule has 0 bridgehead atoms. The molecule has 1 aliphatic carbocycles. The Bertz CT molecular complexity index is 894. The number of hydrogen-bond donors (Lipinski definition) is 1. The minimum Gasteiger partial charge on any atom is -0.361 e. The number of anilines is 1. The van der Waals surface area contributed by atoms with Crippen LogP contribution in [0.5, 0.6) is 0 Å². The molecule has 1 heterocycles. The van der Waals surface area contributed by atoms with E-state index in [1.165, 1.54) is 23.8 Å². The van der Waals surface area contributed by atoms with E-state index in [4.69, 9.17) is 0 Å². The summed E-state index contributed by atoms with van der Waals surface area (Å²) in [5.74, 6) is 0.602. The largest absolute Gasteiger partial charge is 0.361 e. The van der Waals surface area contributed by atoms with E-state index in [0.29, 0.717) is 18.5 Å². The van der Waals surface area contributed by atoms with Crippen LogP contribution in [0.2, 0.25) is 0 Å². The van der Waals surface area contributed by atoms with Crippen LogP contribution in [0.15, 0.2) is 54.7 Å². The van der Waals surface area contributed by atoms with E-state index in [1.54, 1.807) is 4.90 Å². The maximum atomic E-state index is 11.7. The molecule has 4 rings (SSSR count). The van der Waals surface area contributed by atoms with Gasteiger partial charge in [0.25, 0.3) is 0 Å². The minimum absolute atomic E-state index is 0.585. The van der Waals surface area contributed by atoms with Crippen molar-refractivity contribution < 1.29 is 4.79 Å². The van der Waals surface area contributed by atoms with E-state index in [0.717, 1.165) is 23.2 Å². The smallest absolute Gasteiger partial charge is 0.214 e. The van der Waals surface area contributed by atoms with Gasteiger partial charge in [0, 0.05) is 28.8 Å². The van der Waals surface area contributed by atoms with Crippen LogP contribution in [0, 0.1) is 0 Å². The quantitative estimate of drug-likeness (QED) is 0.681. The van der Waals surface area contributed by atoms with Crippen LogP contribution >= 0.6 is 0 Å². The Morgan fingerprint density at radius 2 is 1.88 bits per heavy atom. The highest BCUT2D eigenvalue weighted by molar-refractivity contribution is 5.89. The molecule has 0 saturated heterocycles. The molecule has 0 atom stereocenters. The van der Waals surface area contributed by atoms with Gasteiger partial charge in [0.15, 0.2) is 0 Å². The summed E-state index contributed by atoms with van der Waals surface area (Å²) in [7, 11) is 4.31. The monoisotopic (exact) mass is 347 g/mol. The molecule has 1 amide bonds. The van der Waals surface area contributed by atoms with Gasteiger partial charge in [-0.25, -0.2) is 0 Å². The van der Waals surface area contributed by atoms with Gasteiger partial charge >= 0.3 is 0 Å². The molecule has 0 radical (unpaired) electrons. The summed E-state index contributed by atoms with van der Waals surface area (Å²) in [5.41, 5.74) is 4.59. The molecule has 4 nitrogen and oxygen atoms in total. The van der Waals surface area contributed by atoms with Crippen molar-refractivity contribution in [1.82, 2.24) is 9.88 Å². The maximum Gasteiger partial charge on any atom is 0.214 e. The van der Waals surface area contributed by atoms with Gasteiger partial charge in [0.2, 0.25) is 6.41 Å². The molecule has 1 aromatic heterocycles. The fourth-order valence-electron chi connectivity index (χ4n) is 3.88. The van der Waals surface area contributed by atoms with Crippen LogP contribution in [0.4, 0.5) is 5.69 Å². The summed E-state index contributed by atoms with van der Waals surface area (Å²) in [6, 6.07) is 17.0. The molecule has 1 N–H and O–H groups in total. The van der Waals surface area contributed by atoms with Crippen molar-refractivity contribution in [2.45, 2.75) is 31.3 Å². The number of nitrogens with zero attached hydrogens (tertiary/aromatic N) is 2. The molecule has 26 heavy (non-hydrogen) atoms. The van der Waals surface area contributed by atoms with Crippen LogP contribution < -0.4 is 4.90 Å². The first-order valence-corrected chi connectivity index (χ1v) is 9.19. The molecule has 2 aromatic carbocycles. The van der Waals surface area contributed by atoms with E-state index in [2.05, 4.69) is 42.3 Å². The Balaban J connectivity index is 1.60. The molecule has 0 aliphatic heterocycles. The van der Waals surface area contributed by atoms with Gasteiger partial charge in [-0.1, -0.05) is 30.3 Å². The molecule has 3 aromatic rings. The number of H-pyrrole nitrogens is 1. The fraction of sp³-hybridized carbons (Fsp3) is 0.318. The lowest BCUT2D eigenvalue weighted by atomic mass is 9.75. The zero-order valence-corrected chi connectivity index (χ0v) is 15.4. The number of nitrogens with one attached hydrogen (secondary N) is 1. The number of carbonyl (C=O) groups is 1. The molecule has 0 spiro atoms. The predicted octanol–water partition coefficient (Wildman–Crippen LogP) is 4.14. The molecular weight excluding hydrogens is 322 g/mol.